The van der Waals surface area contributed by atoms with Crippen molar-refractivity contribution in [3.8, 4) is 5.69 Å². The van der Waals surface area contributed by atoms with E-state index >= 15 is 0 Å². The third-order valence-electron chi connectivity index (χ3n) is 2.72. The van der Waals surface area contributed by atoms with Crippen molar-refractivity contribution in [2.75, 3.05) is 7.11 Å². The fraction of sp³-hybridized carbons (Fsp3) is 0.231. The zero-order valence-electron chi connectivity index (χ0n) is 10.5. The van der Waals surface area contributed by atoms with Crippen molar-refractivity contribution >= 4 is 5.97 Å². The Kier molecular flexibility index (Phi) is 3.06. The Morgan fingerprint density at radius 2 is 2.06 bits per heavy atom. The van der Waals surface area contributed by atoms with Gasteiger partial charge in [-0.05, 0) is 31.5 Å². The van der Waals surface area contributed by atoms with E-state index in [-0.39, 0.29) is 5.56 Å². The number of methoxy groups -OCH3 is 1. The molecule has 0 bridgehead atoms. The van der Waals surface area contributed by atoms with Gasteiger partial charge in [0.2, 0.25) is 0 Å². The highest BCUT2D eigenvalue weighted by Crippen LogP contribution is 2.09. The normalized spacial score (nSPS) is 10.4. The summed E-state index contributed by atoms with van der Waals surface area (Å²) < 4.78 is 5.94. The number of aromatic amines is 1. The molecule has 0 saturated carbocycles. The lowest BCUT2D eigenvalue weighted by Gasteiger charge is -2.02. The molecule has 0 fully saturated rings. The Morgan fingerprint density at radius 3 is 2.67 bits per heavy atom. The van der Waals surface area contributed by atoms with Gasteiger partial charge >= 0.3 is 5.97 Å². The van der Waals surface area contributed by atoms with Gasteiger partial charge in [0, 0.05) is 5.69 Å². The summed E-state index contributed by atoms with van der Waals surface area (Å²) in [5.74, 6) is -0.625. The molecule has 94 valence electrons. The van der Waals surface area contributed by atoms with Gasteiger partial charge < -0.3 is 4.74 Å². The first kappa shape index (κ1) is 12.2. The lowest BCUT2D eigenvalue weighted by atomic mass is 10.2. The van der Waals surface area contributed by atoms with Crippen LogP contribution >= 0.6 is 0 Å². The van der Waals surface area contributed by atoms with Crippen LogP contribution in [0, 0.1) is 13.8 Å². The lowest BCUT2D eigenvalue weighted by molar-refractivity contribution is 0.0598. The van der Waals surface area contributed by atoms with E-state index in [4.69, 9.17) is 0 Å². The molecule has 1 aromatic heterocycles. The summed E-state index contributed by atoms with van der Waals surface area (Å²) in [4.78, 5) is 23.6. The SMILES string of the molecule is COC(=O)c1c(C)[nH]n(-c2cccc(C)c2)c1=O. The van der Waals surface area contributed by atoms with Crippen LogP contribution in [0.1, 0.15) is 21.6 Å². The molecule has 18 heavy (non-hydrogen) atoms. The van der Waals surface area contributed by atoms with Crippen LogP contribution in [0.5, 0.6) is 0 Å². The molecule has 0 saturated heterocycles. The number of aromatic nitrogens is 2. The van der Waals surface area contributed by atoms with E-state index in [1.165, 1.54) is 11.8 Å². The third kappa shape index (κ3) is 1.95. The molecule has 5 nitrogen and oxygen atoms in total. The molecular formula is C13H14N2O3. The highest BCUT2D eigenvalue weighted by molar-refractivity contribution is 5.90. The van der Waals surface area contributed by atoms with Crippen LogP contribution in [0.15, 0.2) is 29.1 Å². The molecule has 2 aromatic rings. The van der Waals surface area contributed by atoms with Crippen molar-refractivity contribution in [3.63, 3.8) is 0 Å². The van der Waals surface area contributed by atoms with Crippen LogP contribution in [-0.4, -0.2) is 22.9 Å². The van der Waals surface area contributed by atoms with Crippen LogP contribution < -0.4 is 5.56 Å². The Morgan fingerprint density at radius 1 is 1.33 bits per heavy atom. The van der Waals surface area contributed by atoms with Crippen molar-refractivity contribution in [1.29, 1.82) is 0 Å². The molecule has 0 aliphatic rings. The largest absolute Gasteiger partial charge is 0.465 e. The maximum Gasteiger partial charge on any atom is 0.345 e. The fourth-order valence-electron chi connectivity index (χ4n) is 1.84. The molecule has 0 atom stereocenters. The molecule has 2 rings (SSSR count). The minimum absolute atomic E-state index is 0.0407. The third-order valence-corrected chi connectivity index (χ3v) is 2.72. The number of nitrogens with zero attached hydrogens (tertiary/aromatic N) is 1. The van der Waals surface area contributed by atoms with Crippen molar-refractivity contribution in [3.05, 3.63) is 51.4 Å². The second-order valence-electron chi connectivity index (χ2n) is 4.08. The molecule has 1 heterocycles. The Labute approximate surface area is 104 Å². The van der Waals surface area contributed by atoms with Gasteiger partial charge in [0.1, 0.15) is 5.56 Å². The maximum absolute atomic E-state index is 12.1. The van der Waals surface area contributed by atoms with Crippen LogP contribution in [-0.2, 0) is 4.74 Å². The van der Waals surface area contributed by atoms with Gasteiger partial charge in [-0.25, -0.2) is 9.48 Å². The van der Waals surface area contributed by atoms with Crippen LogP contribution in [0.4, 0.5) is 0 Å². The minimum atomic E-state index is -0.625. The minimum Gasteiger partial charge on any atom is -0.465 e. The Bertz CT molecular complexity index is 652. The van der Waals surface area contributed by atoms with E-state index in [0.29, 0.717) is 11.4 Å². The van der Waals surface area contributed by atoms with Crippen molar-refractivity contribution in [1.82, 2.24) is 9.78 Å². The van der Waals surface area contributed by atoms with Gasteiger partial charge in [-0.1, -0.05) is 12.1 Å². The standard InChI is InChI=1S/C13H14N2O3/c1-8-5-4-6-10(7-8)15-12(16)11(9(2)14-15)13(17)18-3/h4-7,14H,1-3H3. The summed E-state index contributed by atoms with van der Waals surface area (Å²) in [6, 6.07) is 7.44. The number of carbonyl (C=O) groups is 1. The quantitative estimate of drug-likeness (QED) is 0.818. The Hall–Kier alpha value is -2.30. The Balaban J connectivity index is 2.61. The molecule has 0 radical (unpaired) electrons. The first-order chi connectivity index (χ1) is 8.54. The molecule has 1 N–H and O–H groups in total. The van der Waals surface area contributed by atoms with Crippen molar-refractivity contribution < 1.29 is 9.53 Å². The second-order valence-corrected chi connectivity index (χ2v) is 4.08. The maximum atomic E-state index is 12.1. The van der Waals surface area contributed by atoms with Gasteiger partial charge in [0.25, 0.3) is 5.56 Å². The zero-order valence-corrected chi connectivity index (χ0v) is 10.5. The summed E-state index contributed by atoms with van der Waals surface area (Å²) in [5, 5.41) is 2.88. The first-order valence-corrected chi connectivity index (χ1v) is 5.51. The lowest BCUT2D eigenvalue weighted by Crippen LogP contribution is -2.21. The summed E-state index contributed by atoms with van der Waals surface area (Å²) in [6.07, 6.45) is 0. The van der Waals surface area contributed by atoms with E-state index in [1.807, 2.05) is 25.1 Å². The summed E-state index contributed by atoms with van der Waals surface area (Å²) in [7, 11) is 1.26. The predicted molar refractivity (Wildman–Crippen MR) is 67.2 cm³/mol. The van der Waals surface area contributed by atoms with E-state index in [1.54, 1.807) is 13.0 Å². The number of hydrogen-bond acceptors (Lipinski definition) is 3. The van der Waals surface area contributed by atoms with Crippen LogP contribution in [0.3, 0.4) is 0 Å². The van der Waals surface area contributed by atoms with Gasteiger partial charge in [-0.15, -0.1) is 0 Å². The van der Waals surface area contributed by atoms with Gasteiger partial charge in [-0.3, -0.25) is 9.89 Å². The van der Waals surface area contributed by atoms with E-state index in [9.17, 15) is 9.59 Å². The first-order valence-electron chi connectivity index (χ1n) is 5.51. The number of aryl methyl sites for hydroxylation is 2. The molecule has 0 amide bonds. The molecule has 0 unspecified atom stereocenters. The van der Waals surface area contributed by atoms with E-state index in [2.05, 4.69) is 9.84 Å². The molecular weight excluding hydrogens is 232 g/mol. The number of carbonyl (C=O) groups excluding carboxylic acids is 1. The summed E-state index contributed by atoms with van der Waals surface area (Å²) in [5.41, 5.74) is 1.86. The number of benzene rings is 1. The average molecular weight is 246 g/mol. The van der Waals surface area contributed by atoms with Crippen molar-refractivity contribution in [2.45, 2.75) is 13.8 Å². The molecule has 0 spiro atoms. The molecule has 5 heteroatoms. The average Bonchev–Trinajstić information content (AvgIpc) is 2.64. The molecule has 1 aromatic carbocycles. The van der Waals surface area contributed by atoms with Crippen LogP contribution in [0.2, 0.25) is 0 Å². The van der Waals surface area contributed by atoms with Gasteiger partial charge in [0.05, 0.1) is 12.8 Å². The number of H-pyrrole nitrogens is 1. The van der Waals surface area contributed by atoms with Crippen LogP contribution in [0.25, 0.3) is 5.69 Å². The number of nitrogens with one attached hydrogen (secondary N) is 1. The topological polar surface area (TPSA) is 64.1 Å². The summed E-state index contributed by atoms with van der Waals surface area (Å²) >= 11 is 0. The fourth-order valence-corrected chi connectivity index (χ4v) is 1.84. The molecule has 0 aliphatic heterocycles. The zero-order chi connectivity index (χ0) is 13.3. The monoisotopic (exact) mass is 246 g/mol. The summed E-state index contributed by atoms with van der Waals surface area (Å²) in [6.45, 7) is 3.60. The molecule has 0 aliphatic carbocycles. The smallest absolute Gasteiger partial charge is 0.345 e. The number of hydrogen-bond donors (Lipinski definition) is 1. The number of ether oxygens (including phenoxy) is 1. The predicted octanol–water partition coefficient (Wildman–Crippen LogP) is 1.57. The highest BCUT2D eigenvalue weighted by atomic mass is 16.5. The van der Waals surface area contributed by atoms with Gasteiger partial charge in [0.15, 0.2) is 0 Å². The van der Waals surface area contributed by atoms with Crippen molar-refractivity contribution in [2.24, 2.45) is 0 Å². The number of esters is 1. The van der Waals surface area contributed by atoms with Gasteiger partial charge in [-0.2, -0.15) is 0 Å². The van der Waals surface area contributed by atoms with E-state index < -0.39 is 11.5 Å². The second kappa shape index (κ2) is 4.52. The van der Waals surface area contributed by atoms with E-state index in [0.717, 1.165) is 5.56 Å². The highest BCUT2D eigenvalue weighted by Gasteiger charge is 2.19. The number of rotatable bonds is 2.